The van der Waals surface area contributed by atoms with Gasteiger partial charge in [0, 0.05) is 12.8 Å². The van der Waals surface area contributed by atoms with Gasteiger partial charge in [-0.3, -0.25) is 14.1 Å². The van der Waals surface area contributed by atoms with Crippen molar-refractivity contribution >= 4 is 19.8 Å². The number of rotatable bonds is 37. The number of unbranched alkanes of at least 4 members (excludes halogenated alkanes) is 14. The van der Waals surface area contributed by atoms with Crippen LogP contribution >= 0.6 is 7.82 Å². The number of carbonyl (C=O) groups excluding carboxylic acids is 2. The molecule has 0 aliphatic carbocycles. The van der Waals surface area contributed by atoms with E-state index in [1.54, 1.807) is 0 Å². The highest BCUT2D eigenvalue weighted by molar-refractivity contribution is 7.46. The third-order valence-corrected chi connectivity index (χ3v) is 9.65. The van der Waals surface area contributed by atoms with Crippen LogP contribution < -0.4 is 0 Å². The van der Waals surface area contributed by atoms with Crippen LogP contribution in [0.4, 0.5) is 0 Å². The number of hydrogen-bond acceptors (Lipinski definition) is 7. The normalized spacial score (nSPS) is 14.3. The maximum Gasteiger partial charge on any atom is 0.469 e. The lowest BCUT2D eigenvalue weighted by Gasteiger charge is -2.18. The predicted molar refractivity (Wildman–Crippen MR) is 222 cm³/mol. The minimum absolute atomic E-state index is 0.115. The summed E-state index contributed by atoms with van der Waals surface area (Å²) in [4.78, 5) is 42.8. The fraction of sp³-hybridized carbons (Fsp3) is 0.727. The quantitative estimate of drug-likeness (QED) is 0.0185. The number of allylic oxidation sites excluding steroid dienone is 8. The lowest BCUT2D eigenvalue weighted by molar-refractivity contribution is -0.161. The van der Waals surface area contributed by atoms with Crippen LogP contribution in [0.15, 0.2) is 60.8 Å². The number of esters is 2. The first-order chi connectivity index (χ1) is 26.1. The Morgan fingerprint density at radius 1 is 0.648 bits per heavy atom. The van der Waals surface area contributed by atoms with Crippen molar-refractivity contribution in [3.63, 3.8) is 0 Å². The summed E-state index contributed by atoms with van der Waals surface area (Å²) >= 11 is 0. The summed E-state index contributed by atoms with van der Waals surface area (Å²) in [6, 6.07) is 0. The van der Waals surface area contributed by atoms with Crippen molar-refractivity contribution < 1.29 is 43.0 Å². The SMILES string of the molecule is CC/C=C\C(O)C/C=C/C=C\C/C=C\C/C=C\CCCC(=O)O[C@H](COC(=O)CCCCCCCCCCCCCCCCC(C)CC)COP(=O)(O)O. The smallest absolute Gasteiger partial charge is 0.462 e. The van der Waals surface area contributed by atoms with Crippen molar-refractivity contribution in [1.29, 1.82) is 0 Å². The van der Waals surface area contributed by atoms with Gasteiger partial charge in [-0.25, -0.2) is 4.57 Å². The molecule has 0 heterocycles. The molecule has 0 saturated heterocycles. The fourth-order valence-corrected chi connectivity index (χ4v) is 6.00. The monoisotopic (exact) mass is 781 g/mol. The third kappa shape index (κ3) is 39.4. The molecule has 2 unspecified atom stereocenters. The lowest BCUT2D eigenvalue weighted by Crippen LogP contribution is -2.29. The van der Waals surface area contributed by atoms with Crippen LogP contribution in [0.25, 0.3) is 0 Å². The molecule has 0 aliphatic rings. The van der Waals surface area contributed by atoms with Gasteiger partial charge in [0.1, 0.15) is 6.61 Å². The summed E-state index contributed by atoms with van der Waals surface area (Å²) in [6.45, 7) is 5.78. The molecule has 0 bridgehead atoms. The van der Waals surface area contributed by atoms with Crippen molar-refractivity contribution in [2.45, 2.75) is 187 Å². The van der Waals surface area contributed by atoms with Gasteiger partial charge in [-0.15, -0.1) is 0 Å². The fourth-order valence-electron chi connectivity index (χ4n) is 5.64. The van der Waals surface area contributed by atoms with Crippen LogP contribution in [0.1, 0.15) is 175 Å². The van der Waals surface area contributed by atoms with Gasteiger partial charge in [0.2, 0.25) is 0 Å². The second-order valence-electron chi connectivity index (χ2n) is 14.4. The van der Waals surface area contributed by atoms with Gasteiger partial charge in [0.05, 0.1) is 12.7 Å². The average molecular weight is 781 g/mol. The summed E-state index contributed by atoms with van der Waals surface area (Å²) in [7, 11) is -4.78. The zero-order valence-electron chi connectivity index (χ0n) is 34.1. The van der Waals surface area contributed by atoms with Gasteiger partial charge in [-0.1, -0.05) is 178 Å². The molecule has 0 aliphatic heterocycles. The summed E-state index contributed by atoms with van der Waals surface area (Å²) in [5.41, 5.74) is 0. The van der Waals surface area contributed by atoms with Crippen LogP contribution in [-0.4, -0.2) is 52.3 Å². The summed E-state index contributed by atoms with van der Waals surface area (Å²) in [5.74, 6) is -0.0998. The Morgan fingerprint density at radius 3 is 1.78 bits per heavy atom. The molecule has 0 saturated carbocycles. The van der Waals surface area contributed by atoms with Crippen molar-refractivity contribution in [2.75, 3.05) is 13.2 Å². The Labute approximate surface area is 329 Å². The zero-order valence-corrected chi connectivity index (χ0v) is 35.0. The Bertz CT molecular complexity index is 1090. The highest BCUT2D eigenvalue weighted by Gasteiger charge is 2.22. The molecule has 3 N–H and O–H groups in total. The van der Waals surface area contributed by atoms with E-state index in [4.69, 9.17) is 19.3 Å². The molecule has 0 radical (unpaired) electrons. The number of phosphoric acid groups is 1. The van der Waals surface area contributed by atoms with Crippen molar-refractivity contribution in [3.05, 3.63) is 60.8 Å². The van der Waals surface area contributed by atoms with E-state index in [-0.39, 0.29) is 19.4 Å². The molecule has 312 valence electrons. The van der Waals surface area contributed by atoms with Crippen LogP contribution in [-0.2, 0) is 28.2 Å². The van der Waals surface area contributed by atoms with E-state index in [1.807, 2.05) is 55.5 Å². The van der Waals surface area contributed by atoms with Gasteiger partial charge in [0.25, 0.3) is 0 Å². The molecular formula is C44H77O9P. The molecule has 0 amide bonds. The van der Waals surface area contributed by atoms with E-state index < -0.39 is 38.6 Å². The first kappa shape index (κ1) is 51.7. The molecule has 54 heavy (non-hydrogen) atoms. The van der Waals surface area contributed by atoms with Crippen LogP contribution in [0.5, 0.6) is 0 Å². The number of ether oxygens (including phenoxy) is 2. The Hall–Kier alpha value is -2.29. The second-order valence-corrected chi connectivity index (χ2v) is 15.6. The lowest BCUT2D eigenvalue weighted by atomic mass is 9.99. The Morgan fingerprint density at radius 2 is 1.19 bits per heavy atom. The Kier molecular flexibility index (Phi) is 36.0. The Balaban J connectivity index is 4.04. The number of carbonyl (C=O) groups is 2. The summed E-state index contributed by atoms with van der Waals surface area (Å²) in [6.07, 6.45) is 42.9. The molecule has 0 rings (SSSR count). The minimum Gasteiger partial charge on any atom is -0.462 e. The van der Waals surface area contributed by atoms with E-state index in [2.05, 4.69) is 30.5 Å². The van der Waals surface area contributed by atoms with Crippen LogP contribution in [0, 0.1) is 5.92 Å². The van der Waals surface area contributed by atoms with Gasteiger partial charge >= 0.3 is 19.8 Å². The molecule has 0 aromatic rings. The first-order valence-electron chi connectivity index (χ1n) is 21.1. The van der Waals surface area contributed by atoms with E-state index in [0.29, 0.717) is 25.7 Å². The third-order valence-electron chi connectivity index (χ3n) is 9.17. The summed E-state index contributed by atoms with van der Waals surface area (Å²) in [5, 5.41) is 9.74. The predicted octanol–water partition coefficient (Wildman–Crippen LogP) is 11.7. The zero-order chi connectivity index (χ0) is 40.0. The molecule has 0 aromatic heterocycles. The summed E-state index contributed by atoms with van der Waals surface area (Å²) < 4.78 is 26.3. The average Bonchev–Trinajstić information content (AvgIpc) is 3.14. The van der Waals surface area contributed by atoms with E-state index in [1.165, 1.54) is 77.0 Å². The van der Waals surface area contributed by atoms with E-state index in [0.717, 1.165) is 44.4 Å². The molecule has 10 heteroatoms. The highest BCUT2D eigenvalue weighted by atomic mass is 31.2. The van der Waals surface area contributed by atoms with Crippen molar-refractivity contribution in [1.82, 2.24) is 0 Å². The van der Waals surface area contributed by atoms with Gasteiger partial charge in [-0.2, -0.15) is 0 Å². The molecule has 3 atom stereocenters. The number of phosphoric ester groups is 1. The molecule has 0 aromatic carbocycles. The topological polar surface area (TPSA) is 140 Å². The van der Waals surface area contributed by atoms with E-state index >= 15 is 0 Å². The standard InChI is InChI=1S/C44H77O9P/c1-4-6-34-41(45)35-30-26-22-18-14-11-12-16-20-24-28-32-37-44(47)53-42(39-52-54(48,49)50)38-51-43(46)36-31-27-23-19-15-10-8-7-9-13-17-21-25-29-33-40(3)5-2/h6,11-12,18,20,22,24,26,30,34,40-42,45H,4-5,7-10,13-17,19,21,23,25,27-29,31-33,35-39H2,1-3H3,(H2,48,49,50)/b12-11-,22-18-,24-20-,30-26+,34-6-/t40?,41?,42-/m1/s1. The second kappa shape index (κ2) is 37.6. The van der Waals surface area contributed by atoms with E-state index in [9.17, 15) is 19.3 Å². The molecule has 0 fully saturated rings. The number of hydrogen-bond donors (Lipinski definition) is 3. The van der Waals surface area contributed by atoms with Crippen LogP contribution in [0.3, 0.4) is 0 Å². The first-order valence-corrected chi connectivity index (χ1v) is 22.6. The minimum atomic E-state index is -4.78. The van der Waals surface area contributed by atoms with Gasteiger partial charge in [0.15, 0.2) is 6.10 Å². The van der Waals surface area contributed by atoms with Crippen molar-refractivity contribution in [3.8, 4) is 0 Å². The van der Waals surface area contributed by atoms with Gasteiger partial charge in [-0.05, 0) is 50.9 Å². The maximum atomic E-state index is 12.4. The molecule has 9 nitrogen and oxygen atoms in total. The highest BCUT2D eigenvalue weighted by Crippen LogP contribution is 2.36. The van der Waals surface area contributed by atoms with Gasteiger partial charge < -0.3 is 24.4 Å². The maximum absolute atomic E-state index is 12.4. The largest absolute Gasteiger partial charge is 0.469 e. The van der Waals surface area contributed by atoms with Crippen molar-refractivity contribution in [2.24, 2.45) is 5.92 Å². The number of aliphatic hydroxyl groups is 1. The molecule has 0 spiro atoms. The van der Waals surface area contributed by atoms with Crippen LogP contribution in [0.2, 0.25) is 0 Å². The molecular weight excluding hydrogens is 703 g/mol. The number of aliphatic hydroxyl groups excluding tert-OH is 1.